The summed E-state index contributed by atoms with van der Waals surface area (Å²) >= 11 is 0. The lowest BCUT2D eigenvalue weighted by atomic mass is 9.94. The van der Waals surface area contributed by atoms with Crippen LogP contribution in [0, 0.1) is 0 Å². The Morgan fingerprint density at radius 2 is 2.30 bits per heavy atom. The summed E-state index contributed by atoms with van der Waals surface area (Å²) in [5.41, 5.74) is 1.98. The maximum Gasteiger partial charge on any atom is 0.143 e. The summed E-state index contributed by atoms with van der Waals surface area (Å²) in [7, 11) is 0. The van der Waals surface area contributed by atoms with Crippen LogP contribution in [0.1, 0.15) is 26.7 Å². The van der Waals surface area contributed by atoms with E-state index >= 15 is 0 Å². The number of nitrogens with one attached hydrogen (secondary N) is 1. The SMILES string of the molecule is CC1(C)CC(Nc2cccc(-n3cnnn3)c2)CCO1. The average molecular weight is 273 g/mol. The molecule has 2 aromatic rings. The van der Waals surface area contributed by atoms with Crippen molar-refractivity contribution in [1.82, 2.24) is 20.2 Å². The van der Waals surface area contributed by atoms with E-state index in [0.29, 0.717) is 6.04 Å². The quantitative estimate of drug-likeness (QED) is 0.927. The Labute approximate surface area is 118 Å². The summed E-state index contributed by atoms with van der Waals surface area (Å²) in [5.74, 6) is 0. The number of anilines is 1. The van der Waals surface area contributed by atoms with E-state index in [1.54, 1.807) is 11.0 Å². The van der Waals surface area contributed by atoms with Crippen LogP contribution in [0.4, 0.5) is 5.69 Å². The summed E-state index contributed by atoms with van der Waals surface area (Å²) in [5, 5.41) is 14.8. The lowest BCUT2D eigenvalue weighted by Gasteiger charge is -2.36. The number of aromatic nitrogens is 4. The zero-order chi connectivity index (χ0) is 14.0. The molecule has 1 fully saturated rings. The van der Waals surface area contributed by atoms with Gasteiger partial charge in [0.05, 0.1) is 11.3 Å². The summed E-state index contributed by atoms with van der Waals surface area (Å²) in [6, 6.07) is 8.54. The van der Waals surface area contributed by atoms with E-state index in [0.717, 1.165) is 30.8 Å². The van der Waals surface area contributed by atoms with E-state index in [1.165, 1.54) is 0 Å². The molecule has 0 aliphatic carbocycles. The Bertz CT molecular complexity index is 567. The molecular weight excluding hydrogens is 254 g/mol. The first-order valence-electron chi connectivity index (χ1n) is 6.86. The molecule has 1 aliphatic rings. The first-order chi connectivity index (χ1) is 9.62. The van der Waals surface area contributed by atoms with E-state index < -0.39 is 0 Å². The normalized spacial score (nSPS) is 21.6. The van der Waals surface area contributed by atoms with Crippen LogP contribution in [-0.4, -0.2) is 38.5 Å². The number of tetrazole rings is 1. The highest BCUT2D eigenvalue weighted by Gasteiger charge is 2.28. The molecule has 1 N–H and O–H groups in total. The van der Waals surface area contributed by atoms with E-state index in [4.69, 9.17) is 4.74 Å². The molecule has 0 radical (unpaired) electrons. The van der Waals surface area contributed by atoms with Crippen LogP contribution in [0.25, 0.3) is 5.69 Å². The second-order valence-corrected chi connectivity index (χ2v) is 5.75. The standard InChI is InChI=1S/C14H19N5O/c1-14(2)9-12(6-7-20-14)16-11-4-3-5-13(8-11)19-10-15-17-18-19/h3-5,8,10,12,16H,6-7,9H2,1-2H3. The first kappa shape index (κ1) is 13.1. The fourth-order valence-electron chi connectivity index (χ4n) is 2.61. The molecule has 1 aromatic heterocycles. The molecule has 6 heteroatoms. The van der Waals surface area contributed by atoms with Gasteiger partial charge in [0, 0.05) is 18.3 Å². The third-order valence-electron chi connectivity index (χ3n) is 3.53. The highest BCUT2D eigenvalue weighted by molar-refractivity contribution is 5.51. The fraction of sp³-hybridized carbons (Fsp3) is 0.500. The Morgan fingerprint density at radius 3 is 3.05 bits per heavy atom. The summed E-state index contributed by atoms with van der Waals surface area (Å²) in [4.78, 5) is 0. The molecule has 1 saturated heterocycles. The second-order valence-electron chi connectivity index (χ2n) is 5.75. The van der Waals surface area contributed by atoms with Gasteiger partial charge in [-0.05, 0) is 55.3 Å². The Kier molecular flexibility index (Phi) is 3.40. The van der Waals surface area contributed by atoms with Crippen LogP contribution in [0.3, 0.4) is 0 Å². The van der Waals surface area contributed by atoms with E-state index in [1.807, 2.05) is 12.1 Å². The van der Waals surface area contributed by atoms with Gasteiger partial charge in [0.25, 0.3) is 0 Å². The monoisotopic (exact) mass is 273 g/mol. The van der Waals surface area contributed by atoms with Gasteiger partial charge >= 0.3 is 0 Å². The second kappa shape index (κ2) is 5.20. The van der Waals surface area contributed by atoms with Crippen molar-refractivity contribution in [3.05, 3.63) is 30.6 Å². The van der Waals surface area contributed by atoms with Crippen LogP contribution in [0.5, 0.6) is 0 Å². The molecule has 3 rings (SSSR count). The Morgan fingerprint density at radius 1 is 1.40 bits per heavy atom. The smallest absolute Gasteiger partial charge is 0.143 e. The maximum absolute atomic E-state index is 5.75. The third-order valence-corrected chi connectivity index (χ3v) is 3.53. The highest BCUT2D eigenvalue weighted by Crippen LogP contribution is 2.26. The van der Waals surface area contributed by atoms with Crippen LogP contribution in [0.15, 0.2) is 30.6 Å². The predicted octanol–water partition coefficient (Wildman–Crippen LogP) is 2.03. The number of rotatable bonds is 3. The number of hydrogen-bond acceptors (Lipinski definition) is 5. The van der Waals surface area contributed by atoms with Gasteiger partial charge in [0.1, 0.15) is 6.33 Å². The van der Waals surface area contributed by atoms with E-state index in [-0.39, 0.29) is 5.60 Å². The lowest BCUT2D eigenvalue weighted by Crippen LogP contribution is -2.40. The molecule has 0 amide bonds. The molecule has 20 heavy (non-hydrogen) atoms. The molecule has 1 atom stereocenters. The summed E-state index contributed by atoms with van der Waals surface area (Å²) in [6.07, 6.45) is 3.62. The first-order valence-corrected chi connectivity index (χ1v) is 6.86. The van der Waals surface area contributed by atoms with Gasteiger partial charge in [0.15, 0.2) is 0 Å². The van der Waals surface area contributed by atoms with Gasteiger partial charge < -0.3 is 10.1 Å². The van der Waals surface area contributed by atoms with E-state index in [9.17, 15) is 0 Å². The van der Waals surface area contributed by atoms with Crippen molar-refractivity contribution in [1.29, 1.82) is 0 Å². The van der Waals surface area contributed by atoms with Crippen molar-refractivity contribution in [2.75, 3.05) is 11.9 Å². The van der Waals surface area contributed by atoms with Crippen molar-refractivity contribution < 1.29 is 4.74 Å². The van der Waals surface area contributed by atoms with Crippen LogP contribution < -0.4 is 5.32 Å². The molecule has 6 nitrogen and oxygen atoms in total. The third kappa shape index (κ3) is 2.96. The van der Waals surface area contributed by atoms with Gasteiger partial charge in [0.2, 0.25) is 0 Å². The minimum atomic E-state index is -0.0522. The zero-order valence-corrected chi connectivity index (χ0v) is 11.8. The average Bonchev–Trinajstić information content (AvgIpc) is 2.91. The molecular formula is C14H19N5O. The fourth-order valence-corrected chi connectivity index (χ4v) is 2.61. The minimum Gasteiger partial charge on any atom is -0.382 e. The number of benzene rings is 1. The van der Waals surface area contributed by atoms with E-state index in [2.05, 4.69) is 46.8 Å². The number of ether oxygens (including phenoxy) is 1. The minimum absolute atomic E-state index is 0.0522. The van der Waals surface area contributed by atoms with Gasteiger partial charge in [-0.1, -0.05) is 6.07 Å². The van der Waals surface area contributed by atoms with Crippen LogP contribution in [-0.2, 0) is 4.74 Å². The van der Waals surface area contributed by atoms with Crippen molar-refractivity contribution in [3.8, 4) is 5.69 Å². The number of hydrogen-bond donors (Lipinski definition) is 1. The molecule has 0 bridgehead atoms. The number of nitrogens with zero attached hydrogens (tertiary/aromatic N) is 4. The molecule has 1 aliphatic heterocycles. The summed E-state index contributed by atoms with van der Waals surface area (Å²) in [6.45, 7) is 5.08. The van der Waals surface area contributed by atoms with Crippen molar-refractivity contribution in [3.63, 3.8) is 0 Å². The molecule has 2 heterocycles. The molecule has 0 saturated carbocycles. The van der Waals surface area contributed by atoms with Crippen LogP contribution in [0.2, 0.25) is 0 Å². The predicted molar refractivity (Wildman–Crippen MR) is 75.8 cm³/mol. The Hall–Kier alpha value is -1.95. The maximum atomic E-state index is 5.75. The largest absolute Gasteiger partial charge is 0.382 e. The van der Waals surface area contributed by atoms with Crippen molar-refractivity contribution in [2.24, 2.45) is 0 Å². The van der Waals surface area contributed by atoms with Gasteiger partial charge in [-0.3, -0.25) is 0 Å². The molecule has 106 valence electrons. The van der Waals surface area contributed by atoms with Gasteiger partial charge in [-0.15, -0.1) is 5.10 Å². The van der Waals surface area contributed by atoms with Gasteiger partial charge in [-0.25, -0.2) is 4.68 Å². The summed E-state index contributed by atoms with van der Waals surface area (Å²) < 4.78 is 7.40. The topological polar surface area (TPSA) is 64.9 Å². The van der Waals surface area contributed by atoms with Crippen molar-refractivity contribution in [2.45, 2.75) is 38.3 Å². The molecule has 1 unspecified atom stereocenters. The van der Waals surface area contributed by atoms with Crippen LogP contribution >= 0.6 is 0 Å². The Balaban J connectivity index is 1.73. The highest BCUT2D eigenvalue weighted by atomic mass is 16.5. The zero-order valence-electron chi connectivity index (χ0n) is 11.8. The molecule has 1 aromatic carbocycles. The molecule has 0 spiro atoms. The lowest BCUT2D eigenvalue weighted by molar-refractivity contribution is -0.0553. The van der Waals surface area contributed by atoms with Crippen molar-refractivity contribution >= 4 is 5.69 Å². The van der Waals surface area contributed by atoms with Gasteiger partial charge in [-0.2, -0.15) is 0 Å².